The highest BCUT2D eigenvalue weighted by atomic mass is 32.2. The summed E-state index contributed by atoms with van der Waals surface area (Å²) in [6.07, 6.45) is 0. The van der Waals surface area contributed by atoms with Crippen LogP contribution in [0.2, 0.25) is 0 Å². The molecule has 0 aliphatic carbocycles. The first-order chi connectivity index (χ1) is 12.9. The fourth-order valence-electron chi connectivity index (χ4n) is 4.13. The quantitative estimate of drug-likeness (QED) is 0.766. The lowest BCUT2D eigenvalue weighted by Gasteiger charge is -2.43. The van der Waals surface area contributed by atoms with Crippen LogP contribution in [-0.4, -0.2) is 57.4 Å². The van der Waals surface area contributed by atoms with Gasteiger partial charge >= 0.3 is 0 Å². The second kappa shape index (κ2) is 7.26. The lowest BCUT2D eigenvalue weighted by Crippen LogP contribution is -2.54. The topological polar surface area (TPSA) is 43.9 Å². The molecule has 0 amide bonds. The molecule has 0 N–H and O–H groups in total. The van der Waals surface area contributed by atoms with Crippen LogP contribution >= 0.6 is 0 Å². The molecule has 6 heteroatoms. The maximum Gasteiger partial charge on any atom is 0.218 e. The van der Waals surface area contributed by atoms with Gasteiger partial charge in [-0.15, -0.1) is 0 Å². The van der Waals surface area contributed by atoms with Crippen LogP contribution in [0.4, 0.5) is 5.69 Å². The van der Waals surface area contributed by atoms with Gasteiger partial charge < -0.3 is 4.90 Å². The Morgan fingerprint density at radius 1 is 0.926 bits per heavy atom. The fourth-order valence-corrected chi connectivity index (χ4v) is 5.72. The number of nitrogens with zero attached hydrogens (tertiary/aromatic N) is 3. The predicted octanol–water partition coefficient (Wildman–Crippen LogP) is 2.40. The Bertz CT molecular complexity index is 881. The average molecular weight is 386 g/mol. The normalized spacial score (nSPS) is 23.0. The smallest absolute Gasteiger partial charge is 0.218 e. The van der Waals surface area contributed by atoms with Gasteiger partial charge in [0.1, 0.15) is 0 Å². The highest BCUT2D eigenvalue weighted by molar-refractivity contribution is 7.88. The molecular formula is C21H27N3O2S. The van der Waals surface area contributed by atoms with Crippen LogP contribution < -0.4 is 4.90 Å². The molecule has 0 spiro atoms. The molecule has 2 unspecified atom stereocenters. The van der Waals surface area contributed by atoms with Crippen LogP contribution in [-0.2, 0) is 22.3 Å². The summed E-state index contributed by atoms with van der Waals surface area (Å²) in [6, 6.07) is 18.4. The van der Waals surface area contributed by atoms with E-state index >= 15 is 0 Å². The molecule has 5 nitrogen and oxygen atoms in total. The summed E-state index contributed by atoms with van der Waals surface area (Å²) in [5, 5.41) is 0. The van der Waals surface area contributed by atoms with E-state index in [0.717, 1.165) is 18.7 Å². The Balaban J connectivity index is 1.37. The van der Waals surface area contributed by atoms with Crippen LogP contribution in [0.3, 0.4) is 0 Å². The van der Waals surface area contributed by atoms with E-state index in [1.165, 1.54) is 11.3 Å². The summed E-state index contributed by atoms with van der Waals surface area (Å²) in [6.45, 7) is 3.16. The third-order valence-electron chi connectivity index (χ3n) is 5.73. The summed E-state index contributed by atoms with van der Waals surface area (Å²) in [7, 11) is 0.830. The molecule has 2 heterocycles. The van der Waals surface area contributed by atoms with Gasteiger partial charge in [0.25, 0.3) is 0 Å². The van der Waals surface area contributed by atoms with Crippen LogP contribution in [0.25, 0.3) is 0 Å². The van der Waals surface area contributed by atoms with E-state index in [4.69, 9.17) is 0 Å². The van der Waals surface area contributed by atoms with Gasteiger partial charge in [-0.3, -0.25) is 4.90 Å². The minimum Gasteiger partial charge on any atom is -0.378 e. The first kappa shape index (κ1) is 18.5. The van der Waals surface area contributed by atoms with E-state index in [1.54, 1.807) is 4.31 Å². The van der Waals surface area contributed by atoms with Crippen molar-refractivity contribution in [1.29, 1.82) is 0 Å². The summed E-state index contributed by atoms with van der Waals surface area (Å²) >= 11 is 0. The van der Waals surface area contributed by atoms with Crippen molar-refractivity contribution in [2.45, 2.75) is 18.3 Å². The van der Waals surface area contributed by atoms with E-state index < -0.39 is 10.0 Å². The molecule has 2 aliphatic heterocycles. The highest BCUT2D eigenvalue weighted by Gasteiger charge is 2.48. The fraction of sp³-hybridized carbons (Fsp3) is 0.429. The van der Waals surface area contributed by atoms with Gasteiger partial charge in [0.15, 0.2) is 0 Å². The van der Waals surface area contributed by atoms with Crippen molar-refractivity contribution in [3.8, 4) is 0 Å². The SMILES string of the molecule is CN(C)c1ccc(CN2CC3CN(S(=O)(=O)Cc4ccccc4)CC32)cc1. The molecule has 2 aromatic rings. The van der Waals surface area contributed by atoms with Crippen molar-refractivity contribution in [3.63, 3.8) is 0 Å². The minimum absolute atomic E-state index is 0.0965. The number of benzene rings is 2. The van der Waals surface area contributed by atoms with E-state index in [0.29, 0.717) is 25.0 Å². The molecule has 2 saturated heterocycles. The molecule has 0 radical (unpaired) electrons. The number of rotatable bonds is 6. The van der Waals surface area contributed by atoms with Gasteiger partial charge in [0.05, 0.1) is 5.75 Å². The third-order valence-corrected chi connectivity index (χ3v) is 7.52. The lowest BCUT2D eigenvalue weighted by atomic mass is 9.91. The molecule has 144 valence electrons. The second-order valence-corrected chi connectivity index (χ2v) is 9.85. The number of fused-ring (bicyclic) bond motifs is 1. The van der Waals surface area contributed by atoms with Crippen LogP contribution in [0.15, 0.2) is 54.6 Å². The lowest BCUT2D eigenvalue weighted by molar-refractivity contribution is 0.0435. The van der Waals surface area contributed by atoms with E-state index in [9.17, 15) is 8.42 Å². The molecule has 4 rings (SSSR count). The van der Waals surface area contributed by atoms with Crippen LogP contribution in [0.1, 0.15) is 11.1 Å². The van der Waals surface area contributed by atoms with Crippen LogP contribution in [0, 0.1) is 5.92 Å². The zero-order valence-corrected chi connectivity index (χ0v) is 16.8. The Labute approximate surface area is 162 Å². The van der Waals surface area contributed by atoms with E-state index in [2.05, 4.69) is 34.1 Å². The molecule has 27 heavy (non-hydrogen) atoms. The Morgan fingerprint density at radius 2 is 1.63 bits per heavy atom. The standard InChI is InChI=1S/C21H27N3O2S/c1-22(2)20-10-8-17(9-11-20)12-23-13-19-14-24(15-21(19)23)27(25,26)16-18-6-4-3-5-7-18/h3-11,19,21H,12-16H2,1-2H3. The number of anilines is 1. The molecule has 2 aliphatic rings. The van der Waals surface area contributed by atoms with Gasteiger partial charge in [-0.1, -0.05) is 42.5 Å². The molecule has 0 bridgehead atoms. The van der Waals surface area contributed by atoms with Gasteiger partial charge in [-0.25, -0.2) is 8.42 Å². The maximum absolute atomic E-state index is 12.8. The number of hydrogen-bond acceptors (Lipinski definition) is 4. The van der Waals surface area contributed by atoms with Crippen molar-refractivity contribution in [2.24, 2.45) is 5.92 Å². The molecule has 2 fully saturated rings. The minimum atomic E-state index is -3.25. The molecule has 0 saturated carbocycles. The number of likely N-dealkylation sites (tertiary alicyclic amines) is 1. The summed E-state index contributed by atoms with van der Waals surface area (Å²) < 4.78 is 27.3. The van der Waals surface area contributed by atoms with Gasteiger partial charge in [0.2, 0.25) is 10.0 Å². The summed E-state index contributed by atoms with van der Waals surface area (Å²) in [4.78, 5) is 4.50. The average Bonchev–Trinajstić information content (AvgIpc) is 2.98. The van der Waals surface area contributed by atoms with E-state index in [1.807, 2.05) is 44.4 Å². The largest absolute Gasteiger partial charge is 0.378 e. The van der Waals surface area contributed by atoms with Crippen molar-refractivity contribution in [1.82, 2.24) is 9.21 Å². The Kier molecular flexibility index (Phi) is 4.97. The summed E-state index contributed by atoms with van der Waals surface area (Å²) in [5.41, 5.74) is 3.33. The second-order valence-electron chi connectivity index (χ2n) is 7.88. The van der Waals surface area contributed by atoms with E-state index in [-0.39, 0.29) is 5.75 Å². The van der Waals surface area contributed by atoms with Gasteiger partial charge in [-0.05, 0) is 23.3 Å². The monoisotopic (exact) mass is 385 g/mol. The molecule has 0 aromatic heterocycles. The Hall–Kier alpha value is -1.89. The molecule has 2 aromatic carbocycles. The van der Waals surface area contributed by atoms with Gasteiger partial charge in [-0.2, -0.15) is 4.31 Å². The zero-order valence-electron chi connectivity index (χ0n) is 16.0. The highest BCUT2D eigenvalue weighted by Crippen LogP contribution is 2.35. The predicted molar refractivity (Wildman–Crippen MR) is 109 cm³/mol. The van der Waals surface area contributed by atoms with Crippen LogP contribution in [0.5, 0.6) is 0 Å². The zero-order chi connectivity index (χ0) is 19.0. The van der Waals surface area contributed by atoms with Crippen molar-refractivity contribution in [2.75, 3.05) is 38.6 Å². The van der Waals surface area contributed by atoms with Crippen molar-refractivity contribution >= 4 is 15.7 Å². The first-order valence-corrected chi connectivity index (χ1v) is 11.1. The Morgan fingerprint density at radius 3 is 2.30 bits per heavy atom. The number of hydrogen-bond donors (Lipinski definition) is 0. The molecule has 2 atom stereocenters. The van der Waals surface area contributed by atoms with Crippen molar-refractivity contribution < 1.29 is 8.42 Å². The first-order valence-electron chi connectivity index (χ1n) is 9.44. The van der Waals surface area contributed by atoms with Gasteiger partial charge in [0, 0.05) is 57.9 Å². The van der Waals surface area contributed by atoms with Crippen molar-refractivity contribution in [3.05, 3.63) is 65.7 Å². The summed E-state index contributed by atoms with van der Waals surface area (Å²) in [5.74, 6) is 0.566. The molecular weight excluding hydrogens is 358 g/mol. The third kappa shape index (κ3) is 3.88. The number of sulfonamides is 1. The maximum atomic E-state index is 12.8.